The van der Waals surface area contributed by atoms with Gasteiger partial charge in [0.1, 0.15) is 6.23 Å². The minimum absolute atomic E-state index is 0.204. The molecule has 0 spiro atoms. The number of hydrogen-bond donors (Lipinski definition) is 2. The first-order valence-electron chi connectivity index (χ1n) is 12.2. The van der Waals surface area contributed by atoms with Gasteiger partial charge in [-0.15, -0.1) is 0 Å². The van der Waals surface area contributed by atoms with Crippen LogP contribution in [0.1, 0.15) is 84.5 Å². The Morgan fingerprint density at radius 2 is 1.75 bits per heavy atom. The Morgan fingerprint density at radius 1 is 0.893 bits per heavy atom. The predicted octanol–water partition coefficient (Wildman–Crippen LogP) is 3.90. The van der Waals surface area contributed by atoms with Gasteiger partial charge in [-0.3, -0.25) is 4.90 Å². The Hall–Kier alpha value is -0.160. The Kier molecular flexibility index (Phi) is 3.96. The average Bonchev–Trinajstić information content (AvgIpc) is 3.33. The summed E-state index contributed by atoms with van der Waals surface area (Å²) in [6.07, 6.45) is 13.7. The first-order valence-corrected chi connectivity index (χ1v) is 12.2. The molecule has 6 fully saturated rings. The van der Waals surface area contributed by atoms with E-state index in [0.717, 1.165) is 24.3 Å². The van der Waals surface area contributed by atoms with Gasteiger partial charge in [-0.05, 0) is 85.9 Å². The van der Waals surface area contributed by atoms with Gasteiger partial charge in [-0.2, -0.15) is 0 Å². The molecule has 2 saturated heterocycles. The molecule has 4 saturated carbocycles. The summed E-state index contributed by atoms with van der Waals surface area (Å²) in [5.74, 6) is 1.46. The van der Waals surface area contributed by atoms with Gasteiger partial charge in [0.25, 0.3) is 0 Å². The molecule has 28 heavy (non-hydrogen) atoms. The molecule has 6 rings (SSSR count). The van der Waals surface area contributed by atoms with Crippen LogP contribution in [-0.4, -0.2) is 45.8 Å². The van der Waals surface area contributed by atoms with Gasteiger partial charge in [-0.1, -0.05) is 20.3 Å². The standard InChI is InChI=1S/C24H39NO3/c1-22-10-3-5-17(22)16-8-7-15-13-24(26,27)14-20(23(15,2)18(16)9-11-22)25-12-4-6-19-21(25)28-19/h15-21,26-27H,3-14H2,1-2H3/t15?,16?,17?,18?,19-,20?,21-,22-,23-/m0/s1. The molecular weight excluding hydrogens is 350 g/mol. The SMILES string of the molecule is C[C@@]12CCCC1C1CCC3CC(O)(O)CC(N4CCC[C@@H]5O[C@@H]54)[C@]3(C)C1CC2. The molecule has 0 aromatic carbocycles. The molecule has 0 radical (unpaired) electrons. The summed E-state index contributed by atoms with van der Waals surface area (Å²) in [6, 6.07) is 0.259. The van der Waals surface area contributed by atoms with Crippen LogP contribution in [-0.2, 0) is 4.74 Å². The quantitative estimate of drug-likeness (QED) is 0.527. The zero-order valence-corrected chi connectivity index (χ0v) is 17.8. The molecule has 158 valence electrons. The smallest absolute Gasteiger partial charge is 0.164 e. The second-order valence-electron chi connectivity index (χ2n) is 12.0. The van der Waals surface area contributed by atoms with Crippen molar-refractivity contribution in [2.45, 2.75) is 109 Å². The summed E-state index contributed by atoms with van der Waals surface area (Å²) in [4.78, 5) is 2.58. The minimum atomic E-state index is -1.50. The minimum Gasteiger partial charge on any atom is -0.366 e. The zero-order chi connectivity index (χ0) is 19.3. The Morgan fingerprint density at radius 3 is 2.61 bits per heavy atom. The summed E-state index contributed by atoms with van der Waals surface area (Å²) in [7, 11) is 0. The average molecular weight is 390 g/mol. The van der Waals surface area contributed by atoms with Gasteiger partial charge in [0.05, 0.1) is 6.10 Å². The van der Waals surface area contributed by atoms with Gasteiger partial charge >= 0.3 is 0 Å². The van der Waals surface area contributed by atoms with Gasteiger partial charge in [-0.25, -0.2) is 0 Å². The van der Waals surface area contributed by atoms with Crippen molar-refractivity contribution in [2.24, 2.45) is 34.5 Å². The summed E-state index contributed by atoms with van der Waals surface area (Å²) in [5, 5.41) is 21.6. The van der Waals surface area contributed by atoms with Gasteiger partial charge in [0.2, 0.25) is 0 Å². The van der Waals surface area contributed by atoms with E-state index in [1.165, 1.54) is 57.8 Å². The fourth-order valence-electron chi connectivity index (χ4n) is 9.36. The van der Waals surface area contributed by atoms with E-state index in [2.05, 4.69) is 18.7 Å². The molecule has 0 bridgehead atoms. The summed E-state index contributed by atoms with van der Waals surface area (Å²) >= 11 is 0. The van der Waals surface area contributed by atoms with Crippen LogP contribution in [0.5, 0.6) is 0 Å². The van der Waals surface area contributed by atoms with Crippen molar-refractivity contribution in [2.75, 3.05) is 6.54 Å². The number of rotatable bonds is 1. The molecule has 4 nitrogen and oxygen atoms in total. The molecule has 0 amide bonds. The number of nitrogens with zero attached hydrogens (tertiary/aromatic N) is 1. The molecule has 0 aromatic rings. The lowest BCUT2D eigenvalue weighted by Gasteiger charge is -2.65. The maximum absolute atomic E-state index is 10.8. The van der Waals surface area contributed by atoms with E-state index in [-0.39, 0.29) is 17.7 Å². The van der Waals surface area contributed by atoms with E-state index in [0.29, 0.717) is 30.3 Å². The van der Waals surface area contributed by atoms with Gasteiger partial charge in [0.15, 0.2) is 5.79 Å². The van der Waals surface area contributed by atoms with Crippen LogP contribution in [0.2, 0.25) is 0 Å². The van der Waals surface area contributed by atoms with Crippen molar-refractivity contribution in [3.8, 4) is 0 Å². The molecule has 0 aromatic heterocycles. The monoisotopic (exact) mass is 389 g/mol. The first kappa shape index (κ1) is 18.6. The van der Waals surface area contributed by atoms with Crippen LogP contribution in [0.3, 0.4) is 0 Å². The highest BCUT2D eigenvalue weighted by atomic mass is 16.6. The Balaban J connectivity index is 1.37. The maximum Gasteiger partial charge on any atom is 0.164 e. The van der Waals surface area contributed by atoms with E-state index < -0.39 is 5.79 Å². The van der Waals surface area contributed by atoms with Crippen molar-refractivity contribution in [1.82, 2.24) is 4.90 Å². The molecule has 2 N–H and O–H groups in total. The molecule has 5 unspecified atom stereocenters. The van der Waals surface area contributed by atoms with E-state index in [4.69, 9.17) is 4.74 Å². The Labute approximate surface area is 170 Å². The number of fused-ring (bicyclic) bond motifs is 6. The molecule has 2 heterocycles. The van der Waals surface area contributed by atoms with Crippen molar-refractivity contribution in [1.29, 1.82) is 0 Å². The van der Waals surface area contributed by atoms with Gasteiger partial charge in [0, 0.05) is 25.4 Å². The fourth-order valence-corrected chi connectivity index (χ4v) is 9.36. The highest BCUT2D eigenvalue weighted by Gasteiger charge is 2.65. The molecular formula is C24H39NO3. The molecule has 4 aliphatic carbocycles. The van der Waals surface area contributed by atoms with E-state index >= 15 is 0 Å². The number of likely N-dealkylation sites (tertiary alicyclic amines) is 1. The molecule has 6 aliphatic rings. The molecule has 9 atom stereocenters. The van der Waals surface area contributed by atoms with Crippen molar-refractivity contribution in [3.05, 3.63) is 0 Å². The van der Waals surface area contributed by atoms with Crippen molar-refractivity contribution in [3.63, 3.8) is 0 Å². The molecule has 2 aliphatic heterocycles. The second-order valence-corrected chi connectivity index (χ2v) is 12.0. The summed E-state index contributed by atoms with van der Waals surface area (Å²) in [6.45, 7) is 6.20. The first-order chi connectivity index (χ1) is 13.3. The largest absolute Gasteiger partial charge is 0.366 e. The highest BCUT2D eigenvalue weighted by Crippen LogP contribution is 2.67. The summed E-state index contributed by atoms with van der Waals surface area (Å²) in [5.41, 5.74) is 0.789. The fraction of sp³-hybridized carbons (Fsp3) is 1.00. The zero-order valence-electron chi connectivity index (χ0n) is 17.8. The lowest BCUT2D eigenvalue weighted by atomic mass is 9.43. The third-order valence-corrected chi connectivity index (χ3v) is 10.7. The van der Waals surface area contributed by atoms with Crippen LogP contribution in [0.25, 0.3) is 0 Å². The third-order valence-electron chi connectivity index (χ3n) is 10.7. The van der Waals surface area contributed by atoms with Crippen LogP contribution < -0.4 is 0 Å². The lowest BCUT2D eigenvalue weighted by Crippen LogP contribution is -2.66. The van der Waals surface area contributed by atoms with Crippen molar-refractivity contribution < 1.29 is 14.9 Å². The van der Waals surface area contributed by atoms with Crippen LogP contribution in [0, 0.1) is 34.5 Å². The second kappa shape index (κ2) is 5.96. The highest BCUT2D eigenvalue weighted by molar-refractivity contribution is 5.13. The van der Waals surface area contributed by atoms with Crippen LogP contribution >= 0.6 is 0 Å². The van der Waals surface area contributed by atoms with E-state index in [1.54, 1.807) is 0 Å². The van der Waals surface area contributed by atoms with Gasteiger partial charge < -0.3 is 14.9 Å². The predicted molar refractivity (Wildman–Crippen MR) is 107 cm³/mol. The normalized spacial score (nSPS) is 57.6. The van der Waals surface area contributed by atoms with Crippen molar-refractivity contribution >= 4 is 0 Å². The summed E-state index contributed by atoms with van der Waals surface area (Å²) < 4.78 is 6.02. The molecule has 4 heteroatoms. The van der Waals surface area contributed by atoms with Crippen LogP contribution in [0.15, 0.2) is 0 Å². The number of hydrogen-bond acceptors (Lipinski definition) is 4. The maximum atomic E-state index is 10.8. The number of epoxide rings is 1. The lowest BCUT2D eigenvalue weighted by molar-refractivity contribution is -0.259. The Bertz CT molecular complexity index is 652. The number of ether oxygens (including phenoxy) is 1. The van der Waals surface area contributed by atoms with Crippen LogP contribution in [0.4, 0.5) is 0 Å². The number of aliphatic hydroxyl groups is 2. The third kappa shape index (κ3) is 2.50. The number of piperidine rings is 1. The van der Waals surface area contributed by atoms with E-state index in [9.17, 15) is 10.2 Å². The van der Waals surface area contributed by atoms with E-state index in [1.807, 2.05) is 0 Å². The topological polar surface area (TPSA) is 56.2 Å².